The quantitative estimate of drug-likeness (QED) is 0.574. The molecule has 0 unspecified atom stereocenters. The number of H-pyrrole nitrogens is 1. The molecule has 4 aromatic rings. The summed E-state index contributed by atoms with van der Waals surface area (Å²) >= 11 is 5.43. The van der Waals surface area contributed by atoms with E-state index in [1.165, 1.54) is 0 Å². The average molecular weight is 296 g/mol. The lowest BCUT2D eigenvalue weighted by molar-refractivity contribution is 0.459. The number of aromatic amines is 1. The molecule has 3 heterocycles. The van der Waals surface area contributed by atoms with Crippen LogP contribution < -0.4 is 0 Å². The number of pyridine rings is 1. The van der Waals surface area contributed by atoms with Crippen LogP contribution in [-0.4, -0.2) is 19.5 Å². The van der Waals surface area contributed by atoms with Crippen LogP contribution in [0.3, 0.4) is 0 Å². The van der Waals surface area contributed by atoms with Crippen LogP contribution in [0.15, 0.2) is 41.1 Å². The summed E-state index contributed by atoms with van der Waals surface area (Å²) in [4.78, 5) is 11.9. The number of aromatic nitrogens is 4. The fraction of sp³-hybridized carbons (Fsp3) is 0.133. The van der Waals surface area contributed by atoms with Gasteiger partial charge in [0.2, 0.25) is 5.89 Å². The maximum absolute atomic E-state index is 5.57. The summed E-state index contributed by atoms with van der Waals surface area (Å²) in [6.07, 6.45) is 3.53. The number of para-hydroxylation sites is 1. The molecule has 1 N–H and O–H groups in total. The van der Waals surface area contributed by atoms with Gasteiger partial charge in [0.25, 0.3) is 0 Å². The van der Waals surface area contributed by atoms with Crippen LogP contribution in [0.1, 0.15) is 11.7 Å². The molecule has 0 radical (unpaired) electrons. The molecule has 21 heavy (non-hydrogen) atoms. The van der Waals surface area contributed by atoms with Gasteiger partial charge in [-0.15, -0.1) is 0 Å². The highest BCUT2D eigenvalue weighted by molar-refractivity contribution is 7.71. The van der Waals surface area contributed by atoms with Gasteiger partial charge in [0.15, 0.2) is 4.77 Å². The van der Waals surface area contributed by atoms with Crippen LogP contribution >= 0.6 is 12.2 Å². The minimum Gasteiger partial charge on any atom is -0.444 e. The molecule has 5 nitrogen and oxygen atoms in total. The second-order valence-electron chi connectivity index (χ2n) is 4.92. The predicted octanol–water partition coefficient (Wildman–Crippen LogP) is 3.59. The Labute approximate surface area is 125 Å². The number of rotatable bonds is 2. The maximum Gasteiger partial charge on any atom is 0.214 e. The minimum atomic E-state index is 0.501. The van der Waals surface area contributed by atoms with Crippen LogP contribution in [0.2, 0.25) is 0 Å². The standard InChI is InChI=1S/C15H12N4OS/c1-9-6-17-13(20-9)8-19-14-10-4-2-3-5-11(10)16-7-12(14)18-15(19)21/h2-7H,8H2,1H3,(H,18,21). The average Bonchev–Trinajstić information content (AvgIpc) is 3.03. The van der Waals surface area contributed by atoms with Gasteiger partial charge >= 0.3 is 0 Å². The van der Waals surface area contributed by atoms with Gasteiger partial charge in [-0.3, -0.25) is 4.98 Å². The lowest BCUT2D eigenvalue weighted by Crippen LogP contribution is -2.00. The van der Waals surface area contributed by atoms with Gasteiger partial charge in [-0.25, -0.2) is 4.98 Å². The molecule has 0 amide bonds. The highest BCUT2D eigenvalue weighted by atomic mass is 32.1. The van der Waals surface area contributed by atoms with E-state index >= 15 is 0 Å². The summed E-state index contributed by atoms with van der Waals surface area (Å²) < 4.78 is 8.20. The molecule has 0 aliphatic rings. The number of hydrogen-bond acceptors (Lipinski definition) is 4. The molecule has 0 aliphatic heterocycles. The molecule has 0 saturated carbocycles. The van der Waals surface area contributed by atoms with E-state index in [0.29, 0.717) is 17.2 Å². The van der Waals surface area contributed by atoms with Gasteiger partial charge in [-0.1, -0.05) is 18.2 Å². The zero-order chi connectivity index (χ0) is 14.4. The zero-order valence-electron chi connectivity index (χ0n) is 11.3. The molecule has 6 heteroatoms. The minimum absolute atomic E-state index is 0.501. The molecule has 0 fully saturated rings. The Hall–Kier alpha value is -2.47. The highest BCUT2D eigenvalue weighted by Crippen LogP contribution is 2.24. The normalized spacial score (nSPS) is 11.5. The maximum atomic E-state index is 5.57. The Morgan fingerprint density at radius 3 is 2.90 bits per heavy atom. The van der Waals surface area contributed by atoms with E-state index in [1.54, 1.807) is 6.20 Å². The first-order valence-electron chi connectivity index (χ1n) is 6.60. The van der Waals surface area contributed by atoms with Gasteiger partial charge in [0, 0.05) is 5.39 Å². The molecule has 3 aromatic heterocycles. The first kappa shape index (κ1) is 12.3. The summed E-state index contributed by atoms with van der Waals surface area (Å²) in [7, 11) is 0. The second-order valence-corrected chi connectivity index (χ2v) is 5.31. The van der Waals surface area contributed by atoms with E-state index in [-0.39, 0.29) is 0 Å². The topological polar surface area (TPSA) is 59.6 Å². The number of oxazole rings is 1. The van der Waals surface area contributed by atoms with Gasteiger partial charge in [0.05, 0.1) is 28.9 Å². The van der Waals surface area contributed by atoms with Crippen LogP contribution in [0.5, 0.6) is 0 Å². The van der Waals surface area contributed by atoms with Crippen molar-refractivity contribution in [3.63, 3.8) is 0 Å². The SMILES string of the molecule is Cc1cnc(Cn2c(=S)[nH]c3cnc4ccccc4c32)o1. The Balaban J connectivity index is 2.01. The molecule has 1 aromatic carbocycles. The molecular formula is C15H12N4OS. The monoisotopic (exact) mass is 296 g/mol. The second kappa shape index (κ2) is 4.53. The number of nitrogens with one attached hydrogen (secondary N) is 1. The fourth-order valence-electron chi connectivity index (χ4n) is 2.55. The third-order valence-corrected chi connectivity index (χ3v) is 3.79. The smallest absolute Gasteiger partial charge is 0.214 e. The number of benzene rings is 1. The van der Waals surface area contributed by atoms with Gasteiger partial charge in [-0.05, 0) is 25.2 Å². The molecule has 0 bridgehead atoms. The van der Waals surface area contributed by atoms with Crippen molar-refractivity contribution in [2.75, 3.05) is 0 Å². The van der Waals surface area contributed by atoms with Crippen molar-refractivity contribution in [3.05, 3.63) is 53.1 Å². The molecule has 0 aliphatic carbocycles. The van der Waals surface area contributed by atoms with Crippen molar-refractivity contribution in [2.24, 2.45) is 0 Å². The van der Waals surface area contributed by atoms with Crippen LogP contribution in [-0.2, 0) is 6.54 Å². The summed E-state index contributed by atoms with van der Waals surface area (Å²) in [5.74, 6) is 1.44. The Bertz CT molecular complexity index is 1010. The number of hydrogen-bond donors (Lipinski definition) is 1. The van der Waals surface area contributed by atoms with Crippen molar-refractivity contribution in [2.45, 2.75) is 13.5 Å². The molecule has 0 saturated heterocycles. The lowest BCUT2D eigenvalue weighted by atomic mass is 10.2. The van der Waals surface area contributed by atoms with Crippen molar-refractivity contribution >= 4 is 34.2 Å². The van der Waals surface area contributed by atoms with Gasteiger partial charge < -0.3 is 14.0 Å². The molecule has 104 valence electrons. The molecule has 0 spiro atoms. The van der Waals surface area contributed by atoms with Crippen molar-refractivity contribution in [1.82, 2.24) is 19.5 Å². The first-order chi connectivity index (χ1) is 10.2. The summed E-state index contributed by atoms with van der Waals surface area (Å²) in [6, 6.07) is 8.01. The Kier molecular flexibility index (Phi) is 2.65. The predicted molar refractivity (Wildman–Crippen MR) is 82.8 cm³/mol. The van der Waals surface area contributed by atoms with Gasteiger partial charge in [0.1, 0.15) is 12.3 Å². The number of fused-ring (bicyclic) bond motifs is 3. The number of imidazole rings is 1. The Morgan fingerprint density at radius 2 is 2.10 bits per heavy atom. The Morgan fingerprint density at radius 1 is 1.24 bits per heavy atom. The van der Waals surface area contributed by atoms with E-state index in [1.807, 2.05) is 42.0 Å². The molecular weight excluding hydrogens is 284 g/mol. The van der Waals surface area contributed by atoms with E-state index in [0.717, 1.165) is 27.7 Å². The fourth-order valence-corrected chi connectivity index (χ4v) is 2.82. The van der Waals surface area contributed by atoms with Crippen LogP contribution in [0.25, 0.3) is 21.9 Å². The zero-order valence-corrected chi connectivity index (χ0v) is 12.1. The van der Waals surface area contributed by atoms with Crippen molar-refractivity contribution in [3.8, 4) is 0 Å². The third-order valence-electron chi connectivity index (χ3n) is 3.47. The van der Waals surface area contributed by atoms with E-state index < -0.39 is 0 Å². The molecule has 4 rings (SSSR count). The van der Waals surface area contributed by atoms with E-state index in [9.17, 15) is 0 Å². The van der Waals surface area contributed by atoms with Crippen LogP contribution in [0.4, 0.5) is 0 Å². The summed E-state index contributed by atoms with van der Waals surface area (Å²) in [5, 5.41) is 1.06. The number of aryl methyl sites for hydroxylation is 1. The van der Waals surface area contributed by atoms with E-state index in [2.05, 4.69) is 15.0 Å². The highest BCUT2D eigenvalue weighted by Gasteiger charge is 2.11. The third kappa shape index (κ3) is 1.95. The van der Waals surface area contributed by atoms with E-state index in [4.69, 9.17) is 16.6 Å². The van der Waals surface area contributed by atoms with Crippen molar-refractivity contribution in [1.29, 1.82) is 0 Å². The largest absolute Gasteiger partial charge is 0.444 e. The van der Waals surface area contributed by atoms with Gasteiger partial charge in [-0.2, -0.15) is 0 Å². The summed E-state index contributed by atoms with van der Waals surface area (Å²) in [5.41, 5.74) is 2.89. The number of nitrogens with zero attached hydrogens (tertiary/aromatic N) is 3. The molecule has 0 atom stereocenters. The van der Waals surface area contributed by atoms with Crippen LogP contribution in [0, 0.1) is 11.7 Å². The summed E-state index contributed by atoms with van der Waals surface area (Å²) in [6.45, 7) is 2.38. The van der Waals surface area contributed by atoms with Crippen molar-refractivity contribution < 1.29 is 4.42 Å². The first-order valence-corrected chi connectivity index (χ1v) is 7.01. The lowest BCUT2D eigenvalue weighted by Gasteiger charge is -2.04.